The van der Waals surface area contributed by atoms with Crippen LogP contribution in [0, 0.1) is 11.3 Å². The van der Waals surface area contributed by atoms with Gasteiger partial charge in [0.2, 0.25) is 0 Å². The molecule has 7 nitrogen and oxygen atoms in total. The van der Waals surface area contributed by atoms with Gasteiger partial charge in [-0.2, -0.15) is 10.4 Å². The third kappa shape index (κ3) is 2.92. The Balaban J connectivity index is 1.80. The van der Waals surface area contributed by atoms with Crippen molar-refractivity contribution >= 4 is 11.1 Å². The van der Waals surface area contributed by atoms with Gasteiger partial charge in [-0.15, -0.1) is 0 Å². The molecular weight excluding hydrogens is 330 g/mol. The van der Waals surface area contributed by atoms with Crippen LogP contribution in [0.4, 0.5) is 0 Å². The smallest absolute Gasteiger partial charge is 0.138 e. The van der Waals surface area contributed by atoms with Crippen LogP contribution in [0.2, 0.25) is 0 Å². The molecule has 0 radical (unpaired) electrons. The Hall–Kier alpha value is -3.21. The summed E-state index contributed by atoms with van der Waals surface area (Å²) in [6, 6.07) is 7.99. The van der Waals surface area contributed by atoms with Crippen molar-refractivity contribution in [1.82, 2.24) is 19.9 Å². The molecule has 0 bridgehead atoms. The lowest BCUT2D eigenvalue weighted by Gasteiger charge is -2.10. The van der Waals surface area contributed by atoms with Crippen molar-refractivity contribution in [3.05, 3.63) is 54.1 Å². The fourth-order valence-electron chi connectivity index (χ4n) is 3.05. The van der Waals surface area contributed by atoms with E-state index in [0.717, 1.165) is 29.9 Å². The zero-order valence-corrected chi connectivity index (χ0v) is 14.0. The van der Waals surface area contributed by atoms with Gasteiger partial charge in [0, 0.05) is 30.4 Å². The van der Waals surface area contributed by atoms with Gasteiger partial charge in [0.05, 0.1) is 35.8 Å². The normalized spacial score (nSPS) is 13.6. The van der Waals surface area contributed by atoms with Crippen LogP contribution in [0.1, 0.15) is 11.3 Å². The highest BCUT2D eigenvalue weighted by Crippen LogP contribution is 2.31. The third-order valence-corrected chi connectivity index (χ3v) is 4.28. The van der Waals surface area contributed by atoms with Gasteiger partial charge in [-0.25, -0.2) is 4.52 Å². The molecular formula is C19H17N5O2. The van der Waals surface area contributed by atoms with E-state index in [1.165, 1.54) is 11.8 Å². The number of aromatic nitrogens is 3. The summed E-state index contributed by atoms with van der Waals surface area (Å²) >= 11 is 0. The predicted octanol–water partition coefficient (Wildman–Crippen LogP) is 1.63. The Morgan fingerprint density at radius 3 is 2.96 bits per heavy atom. The van der Waals surface area contributed by atoms with Crippen molar-refractivity contribution in [2.24, 2.45) is 0 Å². The number of nitrogens with zero attached hydrogens (tertiary/aromatic N) is 4. The van der Waals surface area contributed by atoms with E-state index in [0.29, 0.717) is 16.8 Å². The summed E-state index contributed by atoms with van der Waals surface area (Å²) in [5.41, 5.74) is 5.00. The van der Waals surface area contributed by atoms with E-state index < -0.39 is 0 Å². The molecule has 3 aromatic rings. The molecule has 0 saturated carbocycles. The van der Waals surface area contributed by atoms with Crippen molar-refractivity contribution in [1.29, 1.82) is 5.26 Å². The maximum atomic E-state index is 9.40. The fraction of sp³-hybridized carbons (Fsp3) is 0.211. The third-order valence-electron chi connectivity index (χ3n) is 4.28. The molecule has 1 aliphatic heterocycles. The maximum Gasteiger partial charge on any atom is 0.138 e. The molecule has 26 heavy (non-hydrogen) atoms. The van der Waals surface area contributed by atoms with Crippen LogP contribution in [0.15, 0.2) is 42.9 Å². The van der Waals surface area contributed by atoms with Gasteiger partial charge in [0.15, 0.2) is 0 Å². The van der Waals surface area contributed by atoms with Gasteiger partial charge < -0.3 is 15.2 Å². The molecule has 0 unspecified atom stereocenters. The van der Waals surface area contributed by atoms with Gasteiger partial charge in [-0.3, -0.25) is 4.98 Å². The molecule has 0 spiro atoms. The highest BCUT2D eigenvalue weighted by molar-refractivity contribution is 5.85. The number of aliphatic hydroxyl groups is 1. The summed E-state index contributed by atoms with van der Waals surface area (Å²) in [5, 5.41) is 25.9. The minimum absolute atomic E-state index is 0.0741. The second kappa shape index (κ2) is 6.96. The van der Waals surface area contributed by atoms with E-state index in [2.05, 4.69) is 27.5 Å². The zero-order valence-electron chi connectivity index (χ0n) is 14.0. The van der Waals surface area contributed by atoms with Crippen LogP contribution >= 0.6 is 0 Å². The average Bonchev–Trinajstić information content (AvgIpc) is 3.35. The number of nitriles is 1. The largest absolute Gasteiger partial charge is 0.490 e. The number of ether oxygens (including phenoxy) is 1. The Morgan fingerprint density at radius 1 is 1.35 bits per heavy atom. The Labute approximate surface area is 150 Å². The first-order valence-electron chi connectivity index (χ1n) is 8.32. The van der Waals surface area contributed by atoms with Crippen LogP contribution in [-0.2, 0) is 0 Å². The molecule has 0 amide bonds. The van der Waals surface area contributed by atoms with Gasteiger partial charge >= 0.3 is 0 Å². The first-order valence-corrected chi connectivity index (χ1v) is 8.32. The molecule has 0 atom stereocenters. The molecule has 3 aromatic heterocycles. The molecule has 7 heteroatoms. The zero-order chi connectivity index (χ0) is 17.9. The van der Waals surface area contributed by atoms with E-state index in [4.69, 9.17) is 9.84 Å². The molecule has 4 heterocycles. The molecule has 4 rings (SSSR count). The van der Waals surface area contributed by atoms with Gasteiger partial charge in [-0.1, -0.05) is 12.1 Å². The number of nitrogens with one attached hydrogen (secondary N) is 1. The van der Waals surface area contributed by atoms with Crippen molar-refractivity contribution < 1.29 is 9.84 Å². The topological polar surface area (TPSA) is 95.5 Å². The number of fused-ring (bicyclic) bond motifs is 1. The van der Waals surface area contributed by atoms with Gasteiger partial charge in [0.1, 0.15) is 18.4 Å². The lowest BCUT2D eigenvalue weighted by molar-refractivity contribution is 0.201. The quantitative estimate of drug-likeness (QED) is 0.728. The highest BCUT2D eigenvalue weighted by Gasteiger charge is 2.15. The van der Waals surface area contributed by atoms with Crippen molar-refractivity contribution in [2.75, 3.05) is 26.3 Å². The molecule has 0 aliphatic carbocycles. The monoisotopic (exact) mass is 347 g/mol. The van der Waals surface area contributed by atoms with Crippen LogP contribution in [0.3, 0.4) is 0 Å². The van der Waals surface area contributed by atoms with Crippen LogP contribution in [0.5, 0.6) is 5.75 Å². The van der Waals surface area contributed by atoms with Crippen molar-refractivity contribution in [2.45, 2.75) is 0 Å². The maximum absolute atomic E-state index is 9.40. The van der Waals surface area contributed by atoms with E-state index in [-0.39, 0.29) is 13.2 Å². The van der Waals surface area contributed by atoms with Crippen LogP contribution < -0.4 is 10.1 Å². The number of aliphatic hydroxyl groups excluding tert-OH is 1. The van der Waals surface area contributed by atoms with Gasteiger partial charge in [-0.05, 0) is 17.7 Å². The Bertz CT molecular complexity index is 1010. The summed E-state index contributed by atoms with van der Waals surface area (Å²) < 4.78 is 7.16. The molecule has 130 valence electrons. The number of pyridine rings is 2. The number of hydrogen-bond acceptors (Lipinski definition) is 6. The summed E-state index contributed by atoms with van der Waals surface area (Å²) in [4.78, 5) is 4.57. The molecule has 0 fully saturated rings. The minimum atomic E-state index is -0.0741. The van der Waals surface area contributed by atoms with E-state index in [1.807, 2.05) is 18.2 Å². The first-order chi connectivity index (χ1) is 12.8. The summed E-state index contributed by atoms with van der Waals surface area (Å²) in [6.45, 7) is 1.80. The SMILES string of the molecule is N#Cc1cnn2cc(OCCO)cc(-c3ccc(C4=CCNC4)nc3)c12. The van der Waals surface area contributed by atoms with E-state index in [1.54, 1.807) is 16.9 Å². The molecule has 0 aromatic carbocycles. The lowest BCUT2D eigenvalue weighted by atomic mass is 10.0. The summed E-state index contributed by atoms with van der Waals surface area (Å²) in [6.07, 6.45) is 7.17. The van der Waals surface area contributed by atoms with Crippen molar-refractivity contribution in [3.63, 3.8) is 0 Å². The average molecular weight is 347 g/mol. The first kappa shape index (κ1) is 16.3. The van der Waals surface area contributed by atoms with Crippen molar-refractivity contribution in [3.8, 4) is 22.9 Å². The molecule has 2 N–H and O–H groups in total. The molecule has 0 saturated heterocycles. The second-order valence-corrected chi connectivity index (χ2v) is 5.92. The standard InChI is InChI=1S/C19H17N5O2/c20-8-15-11-23-24-12-16(26-6-5-25)7-17(19(15)24)13-1-2-18(22-10-13)14-3-4-21-9-14/h1-3,7,10-12,21,25H,4-6,9H2. The number of hydrogen-bond donors (Lipinski definition) is 2. The highest BCUT2D eigenvalue weighted by atomic mass is 16.5. The van der Waals surface area contributed by atoms with Crippen LogP contribution in [-0.4, -0.2) is 46.0 Å². The summed E-state index contributed by atoms with van der Waals surface area (Å²) in [7, 11) is 0. The van der Waals surface area contributed by atoms with E-state index in [9.17, 15) is 5.26 Å². The van der Waals surface area contributed by atoms with Crippen LogP contribution in [0.25, 0.3) is 22.2 Å². The van der Waals surface area contributed by atoms with E-state index >= 15 is 0 Å². The fourth-order valence-corrected chi connectivity index (χ4v) is 3.05. The Kier molecular flexibility index (Phi) is 4.35. The van der Waals surface area contributed by atoms with Gasteiger partial charge in [0.25, 0.3) is 0 Å². The predicted molar refractivity (Wildman–Crippen MR) is 96.6 cm³/mol. The second-order valence-electron chi connectivity index (χ2n) is 5.92. The minimum Gasteiger partial charge on any atom is -0.490 e. The lowest BCUT2D eigenvalue weighted by Crippen LogP contribution is -2.08. The molecule has 1 aliphatic rings. The number of rotatable bonds is 5. The summed E-state index contributed by atoms with van der Waals surface area (Å²) in [5.74, 6) is 0.570. The Morgan fingerprint density at radius 2 is 2.27 bits per heavy atom.